The zero-order chi connectivity index (χ0) is 21.4. The van der Waals surface area contributed by atoms with E-state index in [0.29, 0.717) is 4.48 Å². The highest BCUT2D eigenvalue weighted by molar-refractivity contribution is 5.81. The fraction of sp³-hybridized carbons (Fsp3) is 0. The first-order valence-electron chi connectivity index (χ1n) is 9.18. The number of rotatable bonds is 4. The molecule has 0 unspecified atom stereocenters. The first kappa shape index (κ1) is 20.7. The summed E-state index contributed by atoms with van der Waals surface area (Å²) in [6.45, 7) is 0. The lowest BCUT2D eigenvalue weighted by molar-refractivity contribution is -0.402. The zero-order valence-corrected chi connectivity index (χ0v) is 16.0. The largest absolute Gasteiger partial charge is 0.356 e. The number of quaternary nitrogens is 1. The molecule has 6 heteroatoms. The predicted molar refractivity (Wildman–Crippen MR) is 117 cm³/mol. The first-order chi connectivity index (χ1) is 14.5. The summed E-state index contributed by atoms with van der Waals surface area (Å²) in [4.78, 5) is 8.25. The molecule has 4 aromatic carbocycles. The quantitative estimate of drug-likeness (QED) is 0.212. The highest BCUT2D eigenvalue weighted by Crippen LogP contribution is 2.50. The van der Waals surface area contributed by atoms with Gasteiger partial charge in [-0.05, 0) is 12.1 Å². The van der Waals surface area contributed by atoms with Crippen molar-refractivity contribution < 1.29 is 9.48 Å². The molecule has 0 bridgehead atoms. The van der Waals surface area contributed by atoms with Gasteiger partial charge in [0.1, 0.15) is 28.6 Å². The van der Waals surface area contributed by atoms with Crippen LogP contribution in [0.1, 0.15) is 0 Å². The minimum Gasteiger partial charge on any atom is -0.356 e. The molecule has 30 heavy (non-hydrogen) atoms. The van der Waals surface area contributed by atoms with Crippen molar-refractivity contribution in [3.05, 3.63) is 136 Å². The molecular weight excluding hydrogens is 382 g/mol. The maximum absolute atomic E-state index is 13.7. The Morgan fingerprint density at radius 3 is 1.10 bits per heavy atom. The zero-order valence-electron chi connectivity index (χ0n) is 16.0. The van der Waals surface area contributed by atoms with Crippen molar-refractivity contribution in [1.82, 2.24) is 4.48 Å². The third-order valence-electron chi connectivity index (χ3n) is 4.64. The molecule has 0 fully saturated rings. The normalized spacial score (nSPS) is 10.6. The first-order valence-corrected chi connectivity index (χ1v) is 9.18. The molecule has 4 rings (SSSR count). The van der Waals surface area contributed by atoms with Crippen LogP contribution >= 0.6 is 0 Å². The van der Waals surface area contributed by atoms with Crippen LogP contribution < -0.4 is 4.48 Å². The van der Waals surface area contributed by atoms with Gasteiger partial charge in [0.25, 0.3) is 0 Å². The maximum Gasteiger partial charge on any atom is 0.148 e. The summed E-state index contributed by atoms with van der Waals surface area (Å²) in [5.74, 6) is -0.235. The summed E-state index contributed by atoms with van der Waals surface area (Å²) in [5, 5.41) is 14.8. The monoisotopic (exact) mass is 401 g/mol. The Morgan fingerprint density at radius 1 is 0.533 bits per heavy atom. The molecule has 0 aromatic heterocycles. The molecule has 0 N–H and O–H groups in total. The van der Waals surface area contributed by atoms with Crippen molar-refractivity contribution in [3.8, 4) is 0 Å². The summed E-state index contributed by atoms with van der Waals surface area (Å²) in [7, 11) is 0. The second-order valence-electron chi connectivity index (χ2n) is 6.38. The lowest BCUT2D eigenvalue weighted by Gasteiger charge is -2.37. The van der Waals surface area contributed by atoms with Gasteiger partial charge in [-0.15, -0.1) is 0 Å². The average Bonchev–Trinajstić information content (AvgIpc) is 2.77. The van der Waals surface area contributed by atoms with Gasteiger partial charge in [0, 0.05) is 48.5 Å². The third kappa shape index (κ3) is 4.34. The topological polar surface area (TPSA) is 66.2 Å². The van der Waals surface area contributed by atoms with E-state index in [9.17, 15) is 4.39 Å². The van der Waals surface area contributed by atoms with Gasteiger partial charge < -0.3 is 15.3 Å². The van der Waals surface area contributed by atoms with Crippen LogP contribution in [0.15, 0.2) is 115 Å². The van der Waals surface area contributed by atoms with Gasteiger partial charge in [0.15, 0.2) is 0 Å². The van der Waals surface area contributed by atoms with Crippen LogP contribution in [0.5, 0.6) is 0 Å². The Bertz CT molecular complexity index is 973. The standard InChI is InChI=1S/C24H19FN.NO3/c25-20-16-18-24(19-17-20)26(21-10-4-1-5-11-21,22-12-6-2-7-13-22)23-14-8-3-9-15-23;2-1(3)4/h1-19H;/q+1;-1/i25-1;. The molecule has 5 nitrogen and oxygen atoms in total. The second-order valence-corrected chi connectivity index (χ2v) is 6.38. The molecule has 0 heterocycles. The summed E-state index contributed by atoms with van der Waals surface area (Å²) in [6.07, 6.45) is 0. The van der Waals surface area contributed by atoms with Crippen LogP contribution in [0.25, 0.3) is 0 Å². The minimum atomic E-state index is -1.75. The van der Waals surface area contributed by atoms with Crippen LogP contribution in [0.4, 0.5) is 27.1 Å². The number of hydrogen-bond donors (Lipinski definition) is 0. The Kier molecular flexibility index (Phi) is 6.52. The summed E-state index contributed by atoms with van der Waals surface area (Å²) in [5.41, 5.74) is 4.26. The summed E-state index contributed by atoms with van der Waals surface area (Å²) >= 11 is 0. The summed E-state index contributed by atoms with van der Waals surface area (Å²) in [6, 6.07) is 37.7. The molecule has 0 saturated heterocycles. The van der Waals surface area contributed by atoms with E-state index < -0.39 is 5.09 Å². The summed E-state index contributed by atoms with van der Waals surface area (Å²) < 4.78 is 14.1. The van der Waals surface area contributed by atoms with E-state index in [4.69, 9.17) is 15.3 Å². The van der Waals surface area contributed by atoms with E-state index in [2.05, 4.69) is 36.4 Å². The third-order valence-corrected chi connectivity index (χ3v) is 4.64. The molecule has 0 saturated carbocycles. The molecule has 0 aliphatic heterocycles. The van der Waals surface area contributed by atoms with Gasteiger partial charge in [-0.1, -0.05) is 54.6 Å². The lowest BCUT2D eigenvalue weighted by atomic mass is 10.1. The highest BCUT2D eigenvalue weighted by Gasteiger charge is 2.38. The molecule has 0 aliphatic rings. The Balaban J connectivity index is 0.000000589. The Morgan fingerprint density at radius 2 is 0.800 bits per heavy atom. The van der Waals surface area contributed by atoms with E-state index in [1.54, 1.807) is 0 Å². The van der Waals surface area contributed by atoms with Crippen molar-refractivity contribution in [2.24, 2.45) is 0 Å². The Hall–Kier alpha value is -4.03. The van der Waals surface area contributed by atoms with Crippen LogP contribution in [-0.2, 0) is 0 Å². The maximum atomic E-state index is 13.7. The molecule has 0 atom stereocenters. The van der Waals surface area contributed by atoms with E-state index in [-0.39, 0.29) is 5.82 Å². The predicted octanol–water partition coefficient (Wildman–Crippen LogP) is 6.89. The van der Waals surface area contributed by atoms with Gasteiger partial charge >= 0.3 is 0 Å². The number of halogens is 1. The smallest absolute Gasteiger partial charge is 0.148 e. The van der Waals surface area contributed by atoms with Gasteiger partial charge in [-0.25, -0.2) is 4.39 Å². The molecule has 0 amide bonds. The van der Waals surface area contributed by atoms with E-state index in [1.165, 1.54) is 12.1 Å². The Labute approximate surface area is 173 Å². The van der Waals surface area contributed by atoms with Crippen molar-refractivity contribution in [1.29, 1.82) is 0 Å². The molecular formula is C24H19FN2O3. The van der Waals surface area contributed by atoms with Crippen LogP contribution in [0.2, 0.25) is 0 Å². The molecule has 0 aliphatic carbocycles. The fourth-order valence-corrected chi connectivity index (χ4v) is 3.51. The van der Waals surface area contributed by atoms with Gasteiger partial charge in [0.2, 0.25) is 0 Å². The van der Waals surface area contributed by atoms with Crippen LogP contribution in [0, 0.1) is 21.1 Å². The van der Waals surface area contributed by atoms with E-state index in [1.807, 2.05) is 66.7 Å². The number of hydrogen-bond acceptors (Lipinski definition) is 3. The molecule has 0 spiro atoms. The lowest BCUT2D eigenvalue weighted by Crippen LogP contribution is -2.33. The van der Waals surface area contributed by atoms with Crippen molar-refractivity contribution in [2.75, 3.05) is 0 Å². The number of nitrogens with zero attached hydrogens (tertiary/aromatic N) is 2. The number of para-hydroxylation sites is 3. The van der Waals surface area contributed by atoms with E-state index >= 15 is 0 Å². The van der Waals surface area contributed by atoms with Crippen molar-refractivity contribution in [2.45, 2.75) is 0 Å². The minimum absolute atomic E-state index is 0.235. The van der Waals surface area contributed by atoms with Crippen LogP contribution in [0.3, 0.4) is 0 Å². The molecule has 0 radical (unpaired) electrons. The molecule has 150 valence electrons. The second kappa shape index (κ2) is 9.45. The van der Waals surface area contributed by atoms with Crippen LogP contribution in [-0.4, -0.2) is 5.09 Å². The van der Waals surface area contributed by atoms with Gasteiger partial charge in [-0.2, -0.15) is 4.48 Å². The van der Waals surface area contributed by atoms with E-state index in [0.717, 1.165) is 22.7 Å². The van der Waals surface area contributed by atoms with Gasteiger partial charge in [0.05, 0.1) is 5.09 Å². The van der Waals surface area contributed by atoms with Gasteiger partial charge in [-0.3, -0.25) is 0 Å². The average molecular weight is 401 g/mol. The fourth-order valence-electron chi connectivity index (χ4n) is 3.51. The van der Waals surface area contributed by atoms with Crippen molar-refractivity contribution in [3.63, 3.8) is 0 Å². The van der Waals surface area contributed by atoms with Crippen molar-refractivity contribution >= 4 is 22.7 Å². The highest BCUT2D eigenvalue weighted by atomic mass is 18.2. The number of benzene rings is 4. The SMILES string of the molecule is O=[N+]([O-])[O-].[18F]c1ccc([N+](c2ccccc2)(c2ccccc2)c2ccccc2)cc1. The molecule has 4 aromatic rings.